The van der Waals surface area contributed by atoms with Gasteiger partial charge in [-0.25, -0.2) is 0 Å². The molecule has 1 unspecified atom stereocenters. The highest BCUT2D eigenvalue weighted by Gasteiger charge is 2.40. The number of carbonyl (C=O) groups is 2. The molecular weight excluding hydrogens is 378 g/mol. The number of benzene rings is 1. The van der Waals surface area contributed by atoms with Gasteiger partial charge in [0.1, 0.15) is 5.54 Å². The summed E-state index contributed by atoms with van der Waals surface area (Å²) in [6.45, 7) is 4.98. The van der Waals surface area contributed by atoms with Crippen molar-refractivity contribution in [1.29, 1.82) is 0 Å². The topological polar surface area (TPSA) is 70.7 Å². The van der Waals surface area contributed by atoms with E-state index in [-0.39, 0.29) is 17.9 Å². The first-order valence-electron chi connectivity index (χ1n) is 10.1. The molecule has 1 saturated heterocycles. The molecule has 7 heteroatoms. The van der Waals surface area contributed by atoms with E-state index in [2.05, 4.69) is 15.5 Å². The number of nitrogens with one attached hydrogen (secondary N) is 2. The summed E-state index contributed by atoms with van der Waals surface area (Å²) in [4.78, 5) is 27.2. The van der Waals surface area contributed by atoms with Gasteiger partial charge in [-0.2, -0.15) is 0 Å². The van der Waals surface area contributed by atoms with E-state index in [0.717, 1.165) is 37.9 Å². The van der Waals surface area contributed by atoms with Crippen LogP contribution >= 0.6 is 11.6 Å². The van der Waals surface area contributed by atoms with Gasteiger partial charge in [-0.15, -0.1) is 0 Å². The van der Waals surface area contributed by atoms with Crippen LogP contribution < -0.4 is 10.6 Å². The Balaban J connectivity index is 1.73. The molecule has 0 spiro atoms. The molecule has 0 bridgehead atoms. The second-order valence-electron chi connectivity index (χ2n) is 7.75. The van der Waals surface area contributed by atoms with Crippen LogP contribution in [-0.2, 0) is 14.3 Å². The average Bonchev–Trinajstić information content (AvgIpc) is 2.70. The first-order chi connectivity index (χ1) is 13.5. The van der Waals surface area contributed by atoms with E-state index in [1.807, 2.05) is 24.3 Å². The second-order valence-corrected chi connectivity index (χ2v) is 8.19. The first kappa shape index (κ1) is 21.1. The molecule has 154 valence electrons. The number of halogens is 1. The predicted molar refractivity (Wildman–Crippen MR) is 109 cm³/mol. The molecule has 1 saturated carbocycles. The first-order valence-corrected chi connectivity index (χ1v) is 10.5. The van der Waals surface area contributed by atoms with E-state index < -0.39 is 5.54 Å². The number of carbonyl (C=O) groups excluding carboxylic acids is 2. The van der Waals surface area contributed by atoms with Gasteiger partial charge in [0.25, 0.3) is 0 Å². The van der Waals surface area contributed by atoms with Crippen LogP contribution in [0.5, 0.6) is 0 Å². The molecule has 6 nitrogen and oxygen atoms in total. The molecule has 2 N–H and O–H groups in total. The van der Waals surface area contributed by atoms with Gasteiger partial charge in [-0.05, 0) is 30.5 Å². The van der Waals surface area contributed by atoms with Crippen molar-refractivity contribution in [2.75, 3.05) is 32.8 Å². The maximum absolute atomic E-state index is 13.1. The lowest BCUT2D eigenvalue weighted by molar-refractivity contribution is -0.134. The van der Waals surface area contributed by atoms with Gasteiger partial charge in [-0.1, -0.05) is 43.0 Å². The van der Waals surface area contributed by atoms with Crippen LogP contribution in [-0.4, -0.2) is 55.1 Å². The summed E-state index contributed by atoms with van der Waals surface area (Å²) in [6.07, 6.45) is 4.41. The minimum Gasteiger partial charge on any atom is -0.379 e. The Hall–Kier alpha value is -1.63. The summed E-state index contributed by atoms with van der Waals surface area (Å²) in [7, 11) is 0. The van der Waals surface area contributed by atoms with Crippen LogP contribution in [0, 0.1) is 0 Å². The highest BCUT2D eigenvalue weighted by atomic mass is 35.5. The van der Waals surface area contributed by atoms with Gasteiger partial charge in [-0.3, -0.25) is 14.5 Å². The second kappa shape index (κ2) is 9.72. The third kappa shape index (κ3) is 5.25. The number of rotatable bonds is 6. The molecule has 3 rings (SSSR count). The normalized spacial score (nSPS) is 20.9. The van der Waals surface area contributed by atoms with E-state index >= 15 is 0 Å². The molecule has 1 aromatic rings. The van der Waals surface area contributed by atoms with Gasteiger partial charge in [0.15, 0.2) is 0 Å². The number of ether oxygens (including phenoxy) is 1. The molecule has 2 amide bonds. The number of nitrogens with zero attached hydrogens (tertiary/aromatic N) is 1. The van der Waals surface area contributed by atoms with E-state index in [1.54, 1.807) is 0 Å². The van der Waals surface area contributed by atoms with Crippen molar-refractivity contribution in [3.8, 4) is 0 Å². The maximum Gasteiger partial charge on any atom is 0.245 e. The molecule has 2 aliphatic rings. The molecule has 0 radical (unpaired) electrons. The van der Waals surface area contributed by atoms with Crippen LogP contribution in [0.1, 0.15) is 50.6 Å². The summed E-state index contributed by atoms with van der Waals surface area (Å²) >= 11 is 6.05. The molecule has 2 fully saturated rings. The van der Waals surface area contributed by atoms with E-state index in [9.17, 15) is 9.59 Å². The summed E-state index contributed by atoms with van der Waals surface area (Å²) in [5.74, 6) is -0.228. The number of hydrogen-bond donors (Lipinski definition) is 2. The molecule has 1 aliphatic heterocycles. The van der Waals surface area contributed by atoms with Crippen molar-refractivity contribution in [1.82, 2.24) is 15.5 Å². The zero-order chi connectivity index (χ0) is 20.0. The SMILES string of the molecule is CC(=O)NC1(C(=O)NCC(c2ccc(Cl)cc2)N2CCOCC2)CCCCC1. The maximum atomic E-state index is 13.1. The van der Waals surface area contributed by atoms with Crippen LogP contribution in [0.15, 0.2) is 24.3 Å². The molecular formula is C21H30ClN3O3. The van der Waals surface area contributed by atoms with Crippen molar-refractivity contribution in [2.24, 2.45) is 0 Å². The molecule has 1 aliphatic carbocycles. The minimum atomic E-state index is -0.778. The summed E-state index contributed by atoms with van der Waals surface area (Å²) in [5, 5.41) is 6.78. The number of hydrogen-bond acceptors (Lipinski definition) is 4. The van der Waals surface area contributed by atoms with Gasteiger partial charge < -0.3 is 15.4 Å². The number of morpholine rings is 1. The summed E-state index contributed by atoms with van der Waals surface area (Å²) in [6, 6.07) is 7.83. The monoisotopic (exact) mass is 407 g/mol. The Morgan fingerprint density at radius 3 is 2.39 bits per heavy atom. The van der Waals surface area contributed by atoms with Gasteiger partial charge in [0.05, 0.1) is 19.3 Å². The van der Waals surface area contributed by atoms with Crippen LogP contribution in [0.4, 0.5) is 0 Å². The highest BCUT2D eigenvalue weighted by Crippen LogP contribution is 2.29. The van der Waals surface area contributed by atoms with Crippen LogP contribution in [0.2, 0.25) is 5.02 Å². The lowest BCUT2D eigenvalue weighted by atomic mass is 9.80. The average molecular weight is 408 g/mol. The largest absolute Gasteiger partial charge is 0.379 e. The van der Waals surface area contributed by atoms with Crippen LogP contribution in [0.3, 0.4) is 0 Å². The summed E-state index contributed by atoms with van der Waals surface area (Å²) < 4.78 is 5.49. The number of amides is 2. The Morgan fingerprint density at radius 1 is 1.14 bits per heavy atom. The Morgan fingerprint density at radius 2 is 1.79 bits per heavy atom. The smallest absolute Gasteiger partial charge is 0.245 e. The lowest BCUT2D eigenvalue weighted by Gasteiger charge is -2.38. The van der Waals surface area contributed by atoms with E-state index in [1.165, 1.54) is 6.92 Å². The lowest BCUT2D eigenvalue weighted by Crippen LogP contribution is -2.60. The molecule has 0 aromatic heterocycles. The molecule has 1 atom stereocenters. The van der Waals surface area contributed by atoms with Crippen molar-refractivity contribution in [3.05, 3.63) is 34.9 Å². The Bertz CT molecular complexity index is 668. The Kier molecular flexibility index (Phi) is 7.32. The zero-order valence-corrected chi connectivity index (χ0v) is 17.3. The Labute approximate surface area is 171 Å². The zero-order valence-electron chi connectivity index (χ0n) is 16.5. The highest BCUT2D eigenvalue weighted by molar-refractivity contribution is 6.30. The van der Waals surface area contributed by atoms with Gasteiger partial charge >= 0.3 is 0 Å². The molecule has 1 aromatic carbocycles. The van der Waals surface area contributed by atoms with Gasteiger partial charge in [0, 0.05) is 31.6 Å². The third-order valence-corrected chi connectivity index (χ3v) is 6.01. The standard InChI is InChI=1S/C21H30ClN3O3/c1-16(26)24-21(9-3-2-4-10-21)20(27)23-15-19(25-11-13-28-14-12-25)17-5-7-18(22)8-6-17/h5-8,19H,2-4,9-15H2,1H3,(H,23,27)(H,24,26). The molecule has 28 heavy (non-hydrogen) atoms. The van der Waals surface area contributed by atoms with Crippen molar-refractivity contribution in [2.45, 2.75) is 50.6 Å². The fourth-order valence-electron chi connectivity index (χ4n) is 4.29. The van der Waals surface area contributed by atoms with Crippen molar-refractivity contribution >= 4 is 23.4 Å². The van der Waals surface area contributed by atoms with Crippen LogP contribution in [0.25, 0.3) is 0 Å². The third-order valence-electron chi connectivity index (χ3n) is 5.75. The van der Waals surface area contributed by atoms with E-state index in [4.69, 9.17) is 16.3 Å². The van der Waals surface area contributed by atoms with Crippen molar-refractivity contribution in [3.63, 3.8) is 0 Å². The quantitative estimate of drug-likeness (QED) is 0.760. The van der Waals surface area contributed by atoms with E-state index in [0.29, 0.717) is 37.6 Å². The summed E-state index contributed by atoms with van der Waals surface area (Å²) in [5.41, 5.74) is 0.337. The minimum absolute atomic E-state index is 0.0445. The van der Waals surface area contributed by atoms with Gasteiger partial charge in [0.2, 0.25) is 11.8 Å². The fourth-order valence-corrected chi connectivity index (χ4v) is 4.42. The van der Waals surface area contributed by atoms with Crippen molar-refractivity contribution < 1.29 is 14.3 Å². The predicted octanol–water partition coefficient (Wildman–Crippen LogP) is 2.67. The molecule has 1 heterocycles. The fraction of sp³-hybridized carbons (Fsp3) is 0.619.